The second kappa shape index (κ2) is 9.48. The lowest BCUT2D eigenvalue weighted by Gasteiger charge is -2.37. The summed E-state index contributed by atoms with van der Waals surface area (Å²) >= 11 is 7.88. The standard InChI is InChI=1S/C21H31ClN2OS/c1-16-4-3-10-24(12-16)21(25)15-26-14-18-13-23(2)11-9-20(18)17-5-7-19(22)8-6-17/h5-8,16,18,20H,3-4,9-15H2,1-2H3. The van der Waals surface area contributed by atoms with Crippen molar-refractivity contribution in [1.29, 1.82) is 0 Å². The van der Waals surface area contributed by atoms with Gasteiger partial charge in [-0.25, -0.2) is 0 Å². The molecule has 5 heteroatoms. The number of piperidine rings is 2. The fraction of sp³-hybridized carbons (Fsp3) is 0.667. The second-order valence-corrected chi connectivity index (χ2v) is 9.54. The number of benzene rings is 1. The van der Waals surface area contributed by atoms with E-state index in [1.165, 1.54) is 18.4 Å². The van der Waals surface area contributed by atoms with Gasteiger partial charge < -0.3 is 9.80 Å². The summed E-state index contributed by atoms with van der Waals surface area (Å²) < 4.78 is 0. The highest BCUT2D eigenvalue weighted by atomic mass is 35.5. The van der Waals surface area contributed by atoms with E-state index in [1.54, 1.807) is 0 Å². The van der Waals surface area contributed by atoms with E-state index in [0.29, 0.717) is 29.4 Å². The van der Waals surface area contributed by atoms with E-state index in [0.717, 1.165) is 43.4 Å². The second-order valence-electron chi connectivity index (χ2n) is 8.07. The van der Waals surface area contributed by atoms with Crippen molar-refractivity contribution in [1.82, 2.24) is 9.80 Å². The Morgan fingerprint density at radius 1 is 1.19 bits per heavy atom. The van der Waals surface area contributed by atoms with E-state index < -0.39 is 0 Å². The average molecular weight is 395 g/mol. The van der Waals surface area contributed by atoms with Gasteiger partial charge in [-0.15, -0.1) is 0 Å². The molecule has 1 aromatic rings. The van der Waals surface area contributed by atoms with Crippen LogP contribution in [0.4, 0.5) is 0 Å². The van der Waals surface area contributed by atoms with Crippen LogP contribution in [0.15, 0.2) is 24.3 Å². The van der Waals surface area contributed by atoms with Gasteiger partial charge in [-0.05, 0) is 74.1 Å². The smallest absolute Gasteiger partial charge is 0.232 e. The molecular weight excluding hydrogens is 364 g/mol. The lowest BCUT2D eigenvalue weighted by atomic mass is 9.81. The van der Waals surface area contributed by atoms with Crippen molar-refractivity contribution in [2.75, 3.05) is 44.7 Å². The van der Waals surface area contributed by atoms with Crippen LogP contribution in [-0.4, -0.2) is 60.4 Å². The molecule has 0 N–H and O–H groups in total. The summed E-state index contributed by atoms with van der Waals surface area (Å²) in [5.74, 6) is 3.81. The van der Waals surface area contributed by atoms with Crippen molar-refractivity contribution in [2.45, 2.75) is 32.1 Å². The minimum absolute atomic E-state index is 0.328. The Labute approximate surface area is 167 Å². The number of carbonyl (C=O) groups is 1. The quantitative estimate of drug-likeness (QED) is 0.740. The van der Waals surface area contributed by atoms with Crippen LogP contribution in [0.5, 0.6) is 0 Å². The normalized spacial score (nSPS) is 27.5. The first-order valence-electron chi connectivity index (χ1n) is 9.82. The van der Waals surface area contributed by atoms with Crippen molar-refractivity contribution < 1.29 is 4.79 Å². The average Bonchev–Trinajstić information content (AvgIpc) is 2.63. The highest BCUT2D eigenvalue weighted by molar-refractivity contribution is 7.99. The fourth-order valence-electron chi connectivity index (χ4n) is 4.34. The Morgan fingerprint density at radius 2 is 1.96 bits per heavy atom. The van der Waals surface area contributed by atoms with Crippen LogP contribution in [0.1, 0.15) is 37.7 Å². The van der Waals surface area contributed by atoms with Crippen molar-refractivity contribution in [3.8, 4) is 0 Å². The first-order chi connectivity index (χ1) is 12.5. The number of nitrogens with zero attached hydrogens (tertiary/aromatic N) is 2. The zero-order chi connectivity index (χ0) is 18.5. The molecular formula is C21H31ClN2OS. The fourth-order valence-corrected chi connectivity index (χ4v) is 5.58. The summed E-state index contributed by atoms with van der Waals surface area (Å²) in [6, 6.07) is 8.35. The molecule has 26 heavy (non-hydrogen) atoms. The molecule has 2 fully saturated rings. The van der Waals surface area contributed by atoms with E-state index in [1.807, 2.05) is 23.9 Å². The Kier molecular flexibility index (Phi) is 7.30. The molecule has 144 valence electrons. The number of hydrogen-bond donors (Lipinski definition) is 0. The molecule has 3 rings (SSSR count). The molecule has 3 nitrogen and oxygen atoms in total. The van der Waals surface area contributed by atoms with Crippen LogP contribution in [0, 0.1) is 11.8 Å². The maximum atomic E-state index is 12.5. The number of likely N-dealkylation sites (tertiary alicyclic amines) is 2. The molecule has 3 unspecified atom stereocenters. The Morgan fingerprint density at radius 3 is 2.69 bits per heavy atom. The zero-order valence-electron chi connectivity index (χ0n) is 16.0. The number of hydrogen-bond acceptors (Lipinski definition) is 3. The maximum Gasteiger partial charge on any atom is 0.232 e. The molecule has 2 aliphatic heterocycles. The number of amides is 1. The lowest BCUT2D eigenvalue weighted by molar-refractivity contribution is -0.130. The topological polar surface area (TPSA) is 23.6 Å². The third-order valence-electron chi connectivity index (χ3n) is 5.80. The van der Waals surface area contributed by atoms with Crippen LogP contribution < -0.4 is 0 Å². The molecule has 1 amide bonds. The van der Waals surface area contributed by atoms with E-state index in [9.17, 15) is 4.79 Å². The van der Waals surface area contributed by atoms with E-state index in [-0.39, 0.29) is 0 Å². The SMILES string of the molecule is CC1CCCN(C(=O)CSCC2CN(C)CCC2c2ccc(Cl)cc2)C1. The molecule has 0 spiro atoms. The van der Waals surface area contributed by atoms with Gasteiger partial charge in [0.15, 0.2) is 0 Å². The Hall–Kier alpha value is -0.710. The summed E-state index contributed by atoms with van der Waals surface area (Å²) in [4.78, 5) is 17.0. The number of thioether (sulfide) groups is 1. The van der Waals surface area contributed by atoms with Crippen LogP contribution in [-0.2, 0) is 4.79 Å². The molecule has 3 atom stereocenters. The Bertz CT molecular complexity index is 594. The maximum absolute atomic E-state index is 12.5. The van der Waals surface area contributed by atoms with E-state index in [4.69, 9.17) is 11.6 Å². The first-order valence-corrected chi connectivity index (χ1v) is 11.4. The van der Waals surface area contributed by atoms with Crippen molar-refractivity contribution in [3.05, 3.63) is 34.9 Å². The van der Waals surface area contributed by atoms with Crippen LogP contribution in [0.25, 0.3) is 0 Å². The third kappa shape index (κ3) is 5.40. The van der Waals surface area contributed by atoms with E-state index in [2.05, 4.69) is 35.9 Å². The van der Waals surface area contributed by atoms with Gasteiger partial charge in [-0.2, -0.15) is 11.8 Å². The molecule has 2 aliphatic rings. The molecule has 0 radical (unpaired) electrons. The summed E-state index contributed by atoms with van der Waals surface area (Å²) in [7, 11) is 2.20. The summed E-state index contributed by atoms with van der Waals surface area (Å²) in [6.07, 6.45) is 3.60. The molecule has 0 bridgehead atoms. The van der Waals surface area contributed by atoms with Crippen LogP contribution in [0.3, 0.4) is 0 Å². The van der Waals surface area contributed by atoms with Gasteiger partial charge in [0.25, 0.3) is 0 Å². The number of rotatable bonds is 5. The number of halogens is 1. The molecule has 0 aromatic heterocycles. The van der Waals surface area contributed by atoms with Crippen molar-refractivity contribution >= 4 is 29.3 Å². The van der Waals surface area contributed by atoms with Gasteiger partial charge in [-0.1, -0.05) is 30.7 Å². The summed E-state index contributed by atoms with van der Waals surface area (Å²) in [5.41, 5.74) is 1.39. The molecule has 2 heterocycles. The van der Waals surface area contributed by atoms with Crippen molar-refractivity contribution in [3.63, 3.8) is 0 Å². The first kappa shape index (κ1) is 20.0. The Balaban J connectivity index is 1.53. The lowest BCUT2D eigenvalue weighted by Crippen LogP contribution is -2.41. The summed E-state index contributed by atoms with van der Waals surface area (Å²) in [6.45, 7) is 6.39. The molecule has 0 aliphatic carbocycles. The van der Waals surface area contributed by atoms with Gasteiger partial charge in [-0.3, -0.25) is 4.79 Å². The van der Waals surface area contributed by atoms with Crippen LogP contribution in [0.2, 0.25) is 5.02 Å². The molecule has 1 aromatic carbocycles. The van der Waals surface area contributed by atoms with E-state index >= 15 is 0 Å². The van der Waals surface area contributed by atoms with Crippen LogP contribution >= 0.6 is 23.4 Å². The monoisotopic (exact) mass is 394 g/mol. The highest BCUT2D eigenvalue weighted by Crippen LogP contribution is 2.35. The minimum atomic E-state index is 0.328. The number of carbonyl (C=O) groups excluding carboxylic acids is 1. The van der Waals surface area contributed by atoms with Gasteiger partial charge in [0, 0.05) is 24.7 Å². The largest absolute Gasteiger partial charge is 0.342 e. The third-order valence-corrected chi connectivity index (χ3v) is 7.17. The minimum Gasteiger partial charge on any atom is -0.342 e. The zero-order valence-corrected chi connectivity index (χ0v) is 17.6. The predicted octanol–water partition coefficient (Wildman–Crippen LogP) is 4.37. The molecule has 2 saturated heterocycles. The molecule has 0 saturated carbocycles. The predicted molar refractivity (Wildman–Crippen MR) is 112 cm³/mol. The van der Waals surface area contributed by atoms with Gasteiger partial charge in [0.1, 0.15) is 0 Å². The summed E-state index contributed by atoms with van der Waals surface area (Å²) in [5, 5.41) is 0.800. The van der Waals surface area contributed by atoms with Gasteiger partial charge in [0.2, 0.25) is 5.91 Å². The highest BCUT2D eigenvalue weighted by Gasteiger charge is 2.29. The van der Waals surface area contributed by atoms with Gasteiger partial charge >= 0.3 is 0 Å². The van der Waals surface area contributed by atoms with Crippen molar-refractivity contribution in [2.24, 2.45) is 11.8 Å². The van der Waals surface area contributed by atoms with Gasteiger partial charge in [0.05, 0.1) is 5.75 Å².